The van der Waals surface area contributed by atoms with Gasteiger partial charge < -0.3 is 4.74 Å². The van der Waals surface area contributed by atoms with E-state index in [1.165, 1.54) is 12.8 Å². The zero-order valence-corrected chi connectivity index (χ0v) is 12.6. The number of rotatable bonds is 3. The SMILES string of the molecule is CC(C)(C)OC(=O)Nc1ccccc1CN1CCCC1. The van der Waals surface area contributed by atoms with E-state index < -0.39 is 11.7 Å². The average molecular weight is 276 g/mol. The van der Waals surface area contributed by atoms with Crippen LogP contribution in [0, 0.1) is 0 Å². The monoisotopic (exact) mass is 276 g/mol. The lowest BCUT2D eigenvalue weighted by molar-refractivity contribution is 0.0635. The summed E-state index contributed by atoms with van der Waals surface area (Å²) in [6.45, 7) is 8.75. The van der Waals surface area contributed by atoms with E-state index in [1.54, 1.807) is 0 Å². The van der Waals surface area contributed by atoms with E-state index in [0.29, 0.717) is 0 Å². The Hall–Kier alpha value is -1.55. The Morgan fingerprint density at radius 3 is 2.55 bits per heavy atom. The number of likely N-dealkylation sites (tertiary alicyclic amines) is 1. The molecular formula is C16H24N2O2. The molecule has 1 saturated heterocycles. The summed E-state index contributed by atoms with van der Waals surface area (Å²) < 4.78 is 5.30. The number of nitrogens with one attached hydrogen (secondary N) is 1. The molecule has 1 aromatic carbocycles. The third kappa shape index (κ3) is 4.53. The number of carbonyl (C=O) groups excluding carboxylic acids is 1. The quantitative estimate of drug-likeness (QED) is 0.916. The van der Waals surface area contributed by atoms with Gasteiger partial charge in [-0.1, -0.05) is 18.2 Å². The van der Waals surface area contributed by atoms with Crippen LogP contribution in [0.4, 0.5) is 10.5 Å². The van der Waals surface area contributed by atoms with Gasteiger partial charge in [0.2, 0.25) is 0 Å². The minimum Gasteiger partial charge on any atom is -0.444 e. The number of ether oxygens (including phenoxy) is 1. The van der Waals surface area contributed by atoms with E-state index in [4.69, 9.17) is 4.74 Å². The van der Waals surface area contributed by atoms with Gasteiger partial charge >= 0.3 is 6.09 Å². The molecule has 110 valence electrons. The molecule has 0 saturated carbocycles. The van der Waals surface area contributed by atoms with E-state index in [0.717, 1.165) is 30.9 Å². The Labute approximate surface area is 121 Å². The Morgan fingerprint density at radius 2 is 1.90 bits per heavy atom. The second-order valence-corrected chi connectivity index (χ2v) is 6.27. The Bertz CT molecular complexity index is 460. The van der Waals surface area contributed by atoms with Gasteiger partial charge in [0.1, 0.15) is 5.60 Å². The fourth-order valence-electron chi connectivity index (χ4n) is 2.38. The molecule has 1 aliphatic heterocycles. The van der Waals surface area contributed by atoms with Crippen LogP contribution in [0.3, 0.4) is 0 Å². The highest BCUT2D eigenvalue weighted by molar-refractivity contribution is 5.85. The first-order chi connectivity index (χ1) is 9.44. The molecule has 0 bridgehead atoms. The predicted octanol–water partition coefficient (Wildman–Crippen LogP) is 3.63. The molecule has 4 heteroatoms. The molecule has 1 heterocycles. The Balaban J connectivity index is 2.01. The van der Waals surface area contributed by atoms with Crippen molar-refractivity contribution >= 4 is 11.8 Å². The van der Waals surface area contributed by atoms with Crippen molar-refractivity contribution in [2.75, 3.05) is 18.4 Å². The third-order valence-electron chi connectivity index (χ3n) is 3.25. The number of hydrogen-bond acceptors (Lipinski definition) is 3. The molecule has 4 nitrogen and oxygen atoms in total. The lowest BCUT2D eigenvalue weighted by atomic mass is 10.1. The maximum atomic E-state index is 11.9. The molecule has 1 N–H and O–H groups in total. The normalized spacial score (nSPS) is 16.1. The van der Waals surface area contributed by atoms with Crippen LogP contribution in [0.2, 0.25) is 0 Å². The molecule has 1 aromatic rings. The highest BCUT2D eigenvalue weighted by Gasteiger charge is 2.18. The van der Waals surface area contributed by atoms with E-state index >= 15 is 0 Å². The standard InChI is InChI=1S/C16H24N2O2/c1-16(2,3)20-15(19)17-14-9-5-4-8-13(14)12-18-10-6-7-11-18/h4-5,8-9H,6-7,10-12H2,1-3H3,(H,17,19). The third-order valence-corrected chi connectivity index (χ3v) is 3.25. The molecule has 2 rings (SSSR count). The van der Waals surface area contributed by atoms with Gasteiger partial charge in [0.25, 0.3) is 0 Å². The van der Waals surface area contributed by atoms with Gasteiger partial charge in [-0.3, -0.25) is 10.2 Å². The van der Waals surface area contributed by atoms with Crippen LogP contribution in [0.25, 0.3) is 0 Å². The first kappa shape index (κ1) is 14.9. The molecule has 0 spiro atoms. The van der Waals surface area contributed by atoms with Gasteiger partial charge in [-0.25, -0.2) is 4.79 Å². The van der Waals surface area contributed by atoms with Gasteiger partial charge in [-0.15, -0.1) is 0 Å². The molecule has 1 fully saturated rings. The van der Waals surface area contributed by atoms with E-state index in [1.807, 2.05) is 39.0 Å². The number of para-hydroxylation sites is 1. The summed E-state index contributed by atoms with van der Waals surface area (Å²) in [6.07, 6.45) is 2.13. The van der Waals surface area contributed by atoms with Gasteiger partial charge in [-0.2, -0.15) is 0 Å². The van der Waals surface area contributed by atoms with Crippen LogP contribution in [0.5, 0.6) is 0 Å². The van der Waals surface area contributed by atoms with Crippen LogP contribution in [0.15, 0.2) is 24.3 Å². The summed E-state index contributed by atoms with van der Waals surface area (Å²) in [7, 11) is 0. The summed E-state index contributed by atoms with van der Waals surface area (Å²) in [5.41, 5.74) is 1.50. The summed E-state index contributed by atoms with van der Waals surface area (Å²) in [4.78, 5) is 14.3. The van der Waals surface area contributed by atoms with E-state index in [-0.39, 0.29) is 0 Å². The van der Waals surface area contributed by atoms with Crippen molar-refractivity contribution < 1.29 is 9.53 Å². The lowest BCUT2D eigenvalue weighted by Gasteiger charge is -2.21. The zero-order valence-electron chi connectivity index (χ0n) is 12.6. The van der Waals surface area contributed by atoms with E-state index in [2.05, 4.69) is 16.3 Å². The van der Waals surface area contributed by atoms with Crippen molar-refractivity contribution in [1.82, 2.24) is 4.90 Å². The summed E-state index contributed by atoms with van der Waals surface area (Å²) in [6, 6.07) is 7.92. The summed E-state index contributed by atoms with van der Waals surface area (Å²) in [5, 5.41) is 2.85. The van der Waals surface area contributed by atoms with Gasteiger partial charge in [0.05, 0.1) is 0 Å². The van der Waals surface area contributed by atoms with Crippen LogP contribution >= 0.6 is 0 Å². The van der Waals surface area contributed by atoms with Crippen molar-refractivity contribution in [2.45, 2.75) is 45.8 Å². The van der Waals surface area contributed by atoms with Crippen LogP contribution in [-0.2, 0) is 11.3 Å². The zero-order chi connectivity index (χ0) is 14.6. The molecule has 0 atom stereocenters. The van der Waals surface area contributed by atoms with Crippen LogP contribution in [0.1, 0.15) is 39.2 Å². The number of carbonyl (C=O) groups is 1. The second kappa shape index (κ2) is 6.27. The minimum absolute atomic E-state index is 0.397. The average Bonchev–Trinajstić information content (AvgIpc) is 2.82. The van der Waals surface area contributed by atoms with Gasteiger partial charge in [0.15, 0.2) is 0 Å². The highest BCUT2D eigenvalue weighted by atomic mass is 16.6. The highest BCUT2D eigenvalue weighted by Crippen LogP contribution is 2.20. The molecule has 0 unspecified atom stereocenters. The van der Waals surface area contributed by atoms with E-state index in [9.17, 15) is 4.79 Å². The van der Waals surface area contributed by atoms with Gasteiger partial charge in [-0.05, 0) is 58.3 Å². The number of amides is 1. The van der Waals surface area contributed by atoms with Crippen molar-refractivity contribution in [3.05, 3.63) is 29.8 Å². The second-order valence-electron chi connectivity index (χ2n) is 6.27. The molecule has 0 radical (unpaired) electrons. The molecule has 1 amide bonds. The first-order valence-electron chi connectivity index (χ1n) is 7.24. The molecule has 20 heavy (non-hydrogen) atoms. The predicted molar refractivity (Wildman–Crippen MR) is 80.8 cm³/mol. The fraction of sp³-hybridized carbons (Fsp3) is 0.562. The molecule has 0 aliphatic carbocycles. The number of hydrogen-bond donors (Lipinski definition) is 1. The smallest absolute Gasteiger partial charge is 0.412 e. The number of nitrogens with zero attached hydrogens (tertiary/aromatic N) is 1. The molecular weight excluding hydrogens is 252 g/mol. The van der Waals surface area contributed by atoms with Crippen molar-refractivity contribution in [1.29, 1.82) is 0 Å². The maximum Gasteiger partial charge on any atom is 0.412 e. The van der Waals surface area contributed by atoms with Crippen LogP contribution in [-0.4, -0.2) is 29.7 Å². The Morgan fingerprint density at radius 1 is 1.25 bits per heavy atom. The van der Waals surface area contributed by atoms with Crippen molar-refractivity contribution in [3.8, 4) is 0 Å². The first-order valence-corrected chi connectivity index (χ1v) is 7.24. The molecule has 1 aliphatic rings. The van der Waals surface area contributed by atoms with Crippen molar-refractivity contribution in [3.63, 3.8) is 0 Å². The largest absolute Gasteiger partial charge is 0.444 e. The number of anilines is 1. The Kier molecular flexibility index (Phi) is 4.65. The minimum atomic E-state index is -0.478. The summed E-state index contributed by atoms with van der Waals surface area (Å²) in [5.74, 6) is 0. The van der Waals surface area contributed by atoms with Crippen molar-refractivity contribution in [2.24, 2.45) is 0 Å². The summed E-state index contributed by atoms with van der Waals surface area (Å²) >= 11 is 0. The number of benzene rings is 1. The fourth-order valence-corrected chi connectivity index (χ4v) is 2.38. The van der Waals surface area contributed by atoms with Crippen LogP contribution < -0.4 is 5.32 Å². The maximum absolute atomic E-state index is 11.9. The lowest BCUT2D eigenvalue weighted by Crippen LogP contribution is -2.28. The molecule has 0 aromatic heterocycles. The van der Waals surface area contributed by atoms with Gasteiger partial charge in [0, 0.05) is 12.2 Å². The topological polar surface area (TPSA) is 41.6 Å².